The average molecular weight is 437 g/mol. The van der Waals surface area contributed by atoms with E-state index in [9.17, 15) is 9.90 Å². The summed E-state index contributed by atoms with van der Waals surface area (Å²) in [7, 11) is 0. The first kappa shape index (κ1) is 20.9. The number of rotatable bonds is 8. The third kappa shape index (κ3) is 4.88. The molecule has 2 aromatic carbocycles. The fourth-order valence-corrected chi connectivity index (χ4v) is 3.98. The van der Waals surface area contributed by atoms with Gasteiger partial charge in [0, 0.05) is 12.1 Å². The number of aromatic nitrogens is 2. The molecule has 0 bridgehead atoms. The fraction of sp³-hybridized carbons (Fsp3) is 0.250. The summed E-state index contributed by atoms with van der Waals surface area (Å²) < 4.78 is 13.1. The molecule has 0 saturated carbocycles. The fourth-order valence-electron chi connectivity index (χ4n) is 3.33. The summed E-state index contributed by atoms with van der Waals surface area (Å²) in [6.07, 6.45) is 0.755. The summed E-state index contributed by atoms with van der Waals surface area (Å²) in [5.74, 6) is 2.37. The van der Waals surface area contributed by atoms with Crippen LogP contribution in [-0.2, 0) is 13.2 Å². The van der Waals surface area contributed by atoms with Gasteiger partial charge in [0.15, 0.2) is 0 Å². The number of nitrogens with zero attached hydrogens (tertiary/aromatic N) is 2. The van der Waals surface area contributed by atoms with Crippen LogP contribution < -0.4 is 9.61 Å². The molecule has 1 N–H and O–H groups in total. The molecule has 1 atom stereocenters. The lowest BCUT2D eigenvalue weighted by molar-refractivity contribution is 0.299. The van der Waals surface area contributed by atoms with E-state index in [1.54, 1.807) is 0 Å². The van der Waals surface area contributed by atoms with Crippen molar-refractivity contribution in [3.8, 4) is 23.1 Å². The van der Waals surface area contributed by atoms with Crippen LogP contribution in [0.15, 0.2) is 69.2 Å². The second-order valence-corrected chi connectivity index (χ2v) is 8.27. The maximum Gasteiger partial charge on any atom is 0.309 e. The van der Waals surface area contributed by atoms with Gasteiger partial charge in [-0.3, -0.25) is 9.36 Å². The van der Waals surface area contributed by atoms with Crippen LogP contribution in [0.3, 0.4) is 0 Å². The van der Waals surface area contributed by atoms with E-state index in [2.05, 4.69) is 11.9 Å². The molecule has 160 valence electrons. The lowest BCUT2D eigenvalue weighted by atomic mass is 9.98. The van der Waals surface area contributed by atoms with E-state index in [4.69, 9.17) is 9.15 Å². The van der Waals surface area contributed by atoms with Gasteiger partial charge in [-0.05, 0) is 49.1 Å². The van der Waals surface area contributed by atoms with Crippen LogP contribution in [0.4, 0.5) is 0 Å². The standard InChI is InChI=1S/C24H24N2O4S/c1-16(12-13-26-22(27)15-31-24(26)28)18-8-10-20(11-9-18)29-14-21-17(2)30-23(25-21)19-6-4-3-5-7-19/h3-11,15-16,27H,12-14H2,1-2H3. The second kappa shape index (κ2) is 9.22. The largest absolute Gasteiger partial charge is 0.494 e. The number of hydrogen-bond acceptors (Lipinski definition) is 6. The van der Waals surface area contributed by atoms with Crippen LogP contribution >= 0.6 is 11.3 Å². The summed E-state index contributed by atoms with van der Waals surface area (Å²) in [6, 6.07) is 17.7. The first-order valence-electron chi connectivity index (χ1n) is 10.1. The second-order valence-electron chi connectivity index (χ2n) is 7.45. The molecule has 4 aromatic rings. The highest BCUT2D eigenvalue weighted by Gasteiger charge is 2.13. The van der Waals surface area contributed by atoms with Crippen molar-refractivity contribution in [2.24, 2.45) is 0 Å². The van der Waals surface area contributed by atoms with Gasteiger partial charge in [-0.1, -0.05) is 48.6 Å². The maximum absolute atomic E-state index is 11.7. The highest BCUT2D eigenvalue weighted by molar-refractivity contribution is 7.07. The van der Waals surface area contributed by atoms with Crippen LogP contribution in [0.2, 0.25) is 0 Å². The van der Waals surface area contributed by atoms with Crippen molar-refractivity contribution in [1.29, 1.82) is 0 Å². The number of benzene rings is 2. The van der Waals surface area contributed by atoms with E-state index in [0.717, 1.165) is 46.1 Å². The molecule has 0 aliphatic rings. The Kier molecular flexibility index (Phi) is 6.23. The Morgan fingerprint density at radius 2 is 1.90 bits per heavy atom. The number of ether oxygens (including phenoxy) is 1. The molecular formula is C24H24N2O4S. The summed E-state index contributed by atoms with van der Waals surface area (Å²) in [5, 5.41) is 11.2. The Bertz CT molecular complexity index is 1190. The van der Waals surface area contributed by atoms with Crippen molar-refractivity contribution < 1.29 is 14.3 Å². The van der Waals surface area contributed by atoms with Gasteiger partial charge in [-0.25, -0.2) is 4.98 Å². The maximum atomic E-state index is 11.7. The summed E-state index contributed by atoms with van der Waals surface area (Å²) in [5.41, 5.74) is 2.87. The van der Waals surface area contributed by atoms with Gasteiger partial charge in [0.25, 0.3) is 0 Å². The van der Waals surface area contributed by atoms with E-state index in [0.29, 0.717) is 19.0 Å². The number of oxazole rings is 1. The minimum atomic E-state index is -0.132. The highest BCUT2D eigenvalue weighted by Crippen LogP contribution is 2.25. The van der Waals surface area contributed by atoms with Crippen molar-refractivity contribution in [2.75, 3.05) is 0 Å². The molecule has 0 radical (unpaired) electrons. The van der Waals surface area contributed by atoms with Crippen molar-refractivity contribution >= 4 is 11.3 Å². The molecule has 0 fully saturated rings. The predicted molar refractivity (Wildman–Crippen MR) is 121 cm³/mol. The highest BCUT2D eigenvalue weighted by atomic mass is 32.1. The van der Waals surface area contributed by atoms with Crippen molar-refractivity contribution in [1.82, 2.24) is 9.55 Å². The van der Waals surface area contributed by atoms with Crippen LogP contribution in [-0.4, -0.2) is 14.7 Å². The van der Waals surface area contributed by atoms with Gasteiger partial charge in [0.1, 0.15) is 23.8 Å². The van der Waals surface area contributed by atoms with E-state index in [-0.39, 0.29) is 16.7 Å². The summed E-state index contributed by atoms with van der Waals surface area (Å²) in [6.45, 7) is 4.81. The molecule has 4 rings (SSSR count). The summed E-state index contributed by atoms with van der Waals surface area (Å²) >= 11 is 1.01. The first-order valence-corrected chi connectivity index (χ1v) is 11.0. The Morgan fingerprint density at radius 1 is 1.16 bits per heavy atom. The van der Waals surface area contributed by atoms with E-state index < -0.39 is 0 Å². The molecule has 0 aliphatic carbocycles. The average Bonchev–Trinajstić information content (AvgIpc) is 3.33. The Morgan fingerprint density at radius 3 is 2.58 bits per heavy atom. The Balaban J connectivity index is 1.35. The summed E-state index contributed by atoms with van der Waals surface area (Å²) in [4.78, 5) is 16.2. The van der Waals surface area contributed by atoms with E-state index >= 15 is 0 Å². The molecule has 7 heteroatoms. The monoisotopic (exact) mass is 436 g/mol. The first-order chi connectivity index (χ1) is 15.0. The smallest absolute Gasteiger partial charge is 0.309 e. The van der Waals surface area contributed by atoms with Gasteiger partial charge in [0.05, 0.1) is 5.38 Å². The Labute approximate surface area is 184 Å². The SMILES string of the molecule is Cc1oc(-c2ccccc2)nc1COc1ccc(C(C)CCn2c(O)csc2=O)cc1. The molecule has 1 unspecified atom stereocenters. The molecule has 0 aliphatic heterocycles. The molecular weight excluding hydrogens is 412 g/mol. The van der Waals surface area contributed by atoms with Crippen molar-refractivity contribution in [3.63, 3.8) is 0 Å². The van der Waals surface area contributed by atoms with Crippen LogP contribution in [0.1, 0.15) is 36.3 Å². The van der Waals surface area contributed by atoms with Crippen LogP contribution in [0, 0.1) is 6.92 Å². The van der Waals surface area contributed by atoms with Crippen LogP contribution in [0.5, 0.6) is 11.6 Å². The van der Waals surface area contributed by atoms with Gasteiger partial charge < -0.3 is 14.3 Å². The zero-order valence-corrected chi connectivity index (χ0v) is 18.3. The molecule has 0 saturated heterocycles. The molecule has 31 heavy (non-hydrogen) atoms. The topological polar surface area (TPSA) is 77.5 Å². The third-order valence-electron chi connectivity index (χ3n) is 5.29. The van der Waals surface area contributed by atoms with E-state index in [1.165, 1.54) is 9.95 Å². The van der Waals surface area contributed by atoms with Crippen LogP contribution in [0.25, 0.3) is 11.5 Å². The molecule has 2 aromatic heterocycles. The molecule has 0 amide bonds. The zero-order chi connectivity index (χ0) is 21.8. The molecule has 6 nitrogen and oxygen atoms in total. The quantitative estimate of drug-likeness (QED) is 0.403. The number of hydrogen-bond donors (Lipinski definition) is 1. The van der Waals surface area contributed by atoms with Gasteiger partial charge in [-0.15, -0.1) is 0 Å². The van der Waals surface area contributed by atoms with Gasteiger partial charge in [-0.2, -0.15) is 0 Å². The molecule has 0 spiro atoms. The minimum absolute atomic E-state index is 0.0320. The minimum Gasteiger partial charge on any atom is -0.494 e. The number of aryl methyl sites for hydroxylation is 1. The van der Waals surface area contributed by atoms with Crippen molar-refractivity contribution in [3.05, 3.63) is 86.7 Å². The van der Waals surface area contributed by atoms with Gasteiger partial charge >= 0.3 is 4.87 Å². The predicted octanol–water partition coefficient (Wildman–Crippen LogP) is 5.35. The zero-order valence-electron chi connectivity index (χ0n) is 17.4. The number of aromatic hydroxyl groups is 1. The third-order valence-corrected chi connectivity index (χ3v) is 6.04. The van der Waals surface area contributed by atoms with Crippen molar-refractivity contribution in [2.45, 2.75) is 39.3 Å². The molecule has 2 heterocycles. The lowest BCUT2D eigenvalue weighted by Crippen LogP contribution is -2.14. The Hall–Kier alpha value is -3.32. The lowest BCUT2D eigenvalue weighted by Gasteiger charge is -2.13. The van der Waals surface area contributed by atoms with Gasteiger partial charge in [0.2, 0.25) is 11.8 Å². The normalized spacial score (nSPS) is 12.1. The van der Waals surface area contributed by atoms with E-state index in [1.807, 2.05) is 61.5 Å². The number of thiazole rings is 1.